The number of amides is 1. The average Bonchev–Trinajstić information content (AvgIpc) is 2.92. The van der Waals surface area contributed by atoms with E-state index in [-0.39, 0.29) is 18.4 Å². The number of alkyl carbamates (subject to hydrolysis) is 1. The zero-order valence-corrected chi connectivity index (χ0v) is 21.4. The first-order chi connectivity index (χ1) is 17.6. The summed E-state index contributed by atoms with van der Waals surface area (Å²) in [6.07, 6.45) is -1.17. The van der Waals surface area contributed by atoms with E-state index < -0.39 is 12.3 Å². The van der Waals surface area contributed by atoms with Gasteiger partial charge in [0.15, 0.2) is 6.23 Å². The van der Waals surface area contributed by atoms with Crippen molar-refractivity contribution >= 4 is 22.0 Å². The number of fused-ring (bicyclic) bond motifs is 1. The highest BCUT2D eigenvalue weighted by atomic mass is 79.9. The van der Waals surface area contributed by atoms with Gasteiger partial charge in [-0.05, 0) is 47.0 Å². The normalized spacial score (nSPS) is 18.4. The number of nitrogens with one attached hydrogen (secondary N) is 1. The Morgan fingerprint density at radius 3 is 2.25 bits per heavy atom. The van der Waals surface area contributed by atoms with Crippen LogP contribution in [0.25, 0.3) is 0 Å². The number of carbonyl (C=O) groups excluding carboxylic acids is 1. The Bertz CT molecular complexity index is 1310. The Morgan fingerprint density at radius 2 is 1.53 bits per heavy atom. The number of hydrogen-bond acceptors (Lipinski definition) is 4. The van der Waals surface area contributed by atoms with Crippen LogP contribution >= 0.6 is 15.9 Å². The number of para-hydroxylation sites is 1. The van der Waals surface area contributed by atoms with E-state index in [9.17, 15) is 4.79 Å². The minimum Gasteiger partial charge on any atom is -0.497 e. The number of methoxy groups -OCH3 is 1. The maximum atomic E-state index is 12.9. The highest BCUT2D eigenvalue weighted by Gasteiger charge is 2.41. The van der Waals surface area contributed by atoms with Crippen molar-refractivity contribution in [3.05, 3.63) is 130 Å². The predicted octanol–water partition coefficient (Wildman–Crippen LogP) is 7.02. The zero-order chi connectivity index (χ0) is 24.9. The molecule has 3 atom stereocenters. The molecule has 0 fully saturated rings. The molecule has 0 unspecified atom stereocenters. The number of benzene rings is 4. The van der Waals surface area contributed by atoms with Crippen LogP contribution in [0.3, 0.4) is 0 Å². The van der Waals surface area contributed by atoms with Crippen LogP contribution in [-0.4, -0.2) is 19.4 Å². The quantitative estimate of drug-likeness (QED) is 0.284. The molecule has 0 spiro atoms. The van der Waals surface area contributed by atoms with Crippen molar-refractivity contribution in [1.82, 2.24) is 5.32 Å². The highest BCUT2D eigenvalue weighted by Crippen LogP contribution is 2.48. The van der Waals surface area contributed by atoms with Gasteiger partial charge in [-0.25, -0.2) is 4.79 Å². The minimum absolute atomic E-state index is 0.0681. The van der Waals surface area contributed by atoms with Crippen molar-refractivity contribution in [1.29, 1.82) is 0 Å². The Balaban J connectivity index is 1.51. The zero-order valence-electron chi connectivity index (χ0n) is 19.8. The molecule has 1 heterocycles. The Kier molecular flexibility index (Phi) is 7.23. The molecule has 0 saturated heterocycles. The third-order valence-electron chi connectivity index (χ3n) is 6.40. The lowest BCUT2D eigenvalue weighted by atomic mass is 9.74. The molecule has 1 aliphatic rings. The van der Waals surface area contributed by atoms with E-state index in [1.54, 1.807) is 7.11 Å². The van der Waals surface area contributed by atoms with Gasteiger partial charge in [-0.2, -0.15) is 0 Å². The first-order valence-electron chi connectivity index (χ1n) is 11.7. The molecule has 1 aliphatic heterocycles. The average molecular weight is 544 g/mol. The van der Waals surface area contributed by atoms with E-state index in [2.05, 4.69) is 51.6 Å². The van der Waals surface area contributed by atoms with Gasteiger partial charge < -0.3 is 14.2 Å². The summed E-state index contributed by atoms with van der Waals surface area (Å²) < 4.78 is 18.3. The van der Waals surface area contributed by atoms with Crippen LogP contribution in [0.1, 0.15) is 34.1 Å². The van der Waals surface area contributed by atoms with Gasteiger partial charge in [-0.15, -0.1) is 0 Å². The molecule has 6 heteroatoms. The minimum atomic E-state index is -0.642. The van der Waals surface area contributed by atoms with E-state index in [4.69, 9.17) is 14.2 Å². The number of halogens is 1. The number of ether oxygens (including phenoxy) is 3. The summed E-state index contributed by atoms with van der Waals surface area (Å²) in [6, 6.07) is 33.8. The lowest BCUT2D eigenvalue weighted by Gasteiger charge is -2.40. The molecule has 0 radical (unpaired) electrons. The molecule has 182 valence electrons. The SMILES string of the molecule is COc1ccc([C@@H]2c3ccccc3O[C@H](NC(=O)OCc3ccccc3)[C@H]2c2ccc(Br)cc2)cc1. The molecule has 0 aromatic heterocycles. The molecule has 1 N–H and O–H groups in total. The topological polar surface area (TPSA) is 56.8 Å². The second-order valence-electron chi connectivity index (χ2n) is 8.61. The van der Waals surface area contributed by atoms with Gasteiger partial charge in [0, 0.05) is 16.0 Å². The van der Waals surface area contributed by atoms with Gasteiger partial charge in [0.2, 0.25) is 0 Å². The molecule has 4 aromatic carbocycles. The second kappa shape index (κ2) is 10.9. The fraction of sp³-hybridized carbons (Fsp3) is 0.167. The highest BCUT2D eigenvalue weighted by molar-refractivity contribution is 9.10. The summed E-state index contributed by atoms with van der Waals surface area (Å²) in [5.41, 5.74) is 4.13. The fourth-order valence-corrected chi connectivity index (χ4v) is 4.94. The molecule has 5 rings (SSSR count). The molecule has 36 heavy (non-hydrogen) atoms. The van der Waals surface area contributed by atoms with Crippen LogP contribution in [-0.2, 0) is 11.3 Å². The summed E-state index contributed by atoms with van der Waals surface area (Å²) >= 11 is 3.53. The molecule has 0 aliphatic carbocycles. The molecule has 5 nitrogen and oxygen atoms in total. The van der Waals surface area contributed by atoms with Crippen molar-refractivity contribution in [2.24, 2.45) is 0 Å². The number of rotatable bonds is 6. The Morgan fingerprint density at radius 1 is 0.861 bits per heavy atom. The molecule has 0 saturated carbocycles. The molecular formula is C30H26BrNO4. The molecule has 4 aromatic rings. The van der Waals surface area contributed by atoms with Gasteiger partial charge in [0.25, 0.3) is 0 Å². The van der Waals surface area contributed by atoms with Gasteiger partial charge in [0.1, 0.15) is 18.1 Å². The van der Waals surface area contributed by atoms with E-state index in [1.165, 1.54) is 0 Å². The van der Waals surface area contributed by atoms with Crippen LogP contribution in [0.2, 0.25) is 0 Å². The monoisotopic (exact) mass is 543 g/mol. The maximum absolute atomic E-state index is 12.9. The van der Waals surface area contributed by atoms with Gasteiger partial charge in [-0.3, -0.25) is 5.32 Å². The Hall–Kier alpha value is -3.77. The Labute approximate surface area is 219 Å². The van der Waals surface area contributed by atoms with E-state index >= 15 is 0 Å². The van der Waals surface area contributed by atoms with Crippen molar-refractivity contribution in [2.45, 2.75) is 24.7 Å². The second-order valence-corrected chi connectivity index (χ2v) is 9.53. The number of hydrogen-bond donors (Lipinski definition) is 1. The van der Waals surface area contributed by atoms with E-state index in [0.717, 1.165) is 38.2 Å². The van der Waals surface area contributed by atoms with Gasteiger partial charge >= 0.3 is 6.09 Å². The molecular weight excluding hydrogens is 518 g/mol. The first kappa shape index (κ1) is 23.9. The summed E-state index contributed by atoms with van der Waals surface area (Å²) in [6.45, 7) is 0.181. The predicted molar refractivity (Wildman–Crippen MR) is 142 cm³/mol. The van der Waals surface area contributed by atoms with Crippen molar-refractivity contribution in [3.63, 3.8) is 0 Å². The van der Waals surface area contributed by atoms with Crippen molar-refractivity contribution < 1.29 is 19.0 Å². The fourth-order valence-electron chi connectivity index (χ4n) is 4.67. The third-order valence-corrected chi connectivity index (χ3v) is 6.92. The van der Waals surface area contributed by atoms with E-state index in [0.29, 0.717) is 0 Å². The summed E-state index contributed by atoms with van der Waals surface area (Å²) in [4.78, 5) is 12.9. The third kappa shape index (κ3) is 5.24. The van der Waals surface area contributed by atoms with Crippen LogP contribution < -0.4 is 14.8 Å². The van der Waals surface area contributed by atoms with Crippen LogP contribution in [0.5, 0.6) is 11.5 Å². The summed E-state index contributed by atoms with van der Waals surface area (Å²) in [7, 11) is 1.66. The molecule has 0 bridgehead atoms. The number of carbonyl (C=O) groups is 1. The standard InChI is InChI=1S/C30H26BrNO4/c1-34-24-17-13-21(14-18-24)27-25-9-5-6-10-26(25)36-29(28(27)22-11-15-23(31)16-12-22)32-30(33)35-19-20-7-3-2-4-8-20/h2-18,27-29H,19H2,1H3,(H,32,33)/t27-,28+,29+/m1/s1. The smallest absolute Gasteiger partial charge is 0.410 e. The maximum Gasteiger partial charge on any atom is 0.410 e. The first-order valence-corrected chi connectivity index (χ1v) is 12.5. The largest absolute Gasteiger partial charge is 0.497 e. The lowest BCUT2D eigenvalue weighted by Crippen LogP contribution is -2.47. The van der Waals surface area contributed by atoms with Crippen LogP contribution in [0.15, 0.2) is 108 Å². The summed E-state index contributed by atoms with van der Waals surface area (Å²) in [5, 5.41) is 3.00. The van der Waals surface area contributed by atoms with E-state index in [1.807, 2.05) is 72.8 Å². The lowest BCUT2D eigenvalue weighted by molar-refractivity contribution is 0.0803. The molecule has 1 amide bonds. The van der Waals surface area contributed by atoms with Crippen LogP contribution in [0, 0.1) is 0 Å². The van der Waals surface area contributed by atoms with Crippen molar-refractivity contribution in [2.75, 3.05) is 7.11 Å². The summed E-state index contributed by atoms with van der Waals surface area (Å²) in [5.74, 6) is 1.26. The van der Waals surface area contributed by atoms with Gasteiger partial charge in [0.05, 0.1) is 13.0 Å². The van der Waals surface area contributed by atoms with Crippen LogP contribution in [0.4, 0.5) is 4.79 Å². The van der Waals surface area contributed by atoms with Gasteiger partial charge in [-0.1, -0.05) is 88.7 Å². The van der Waals surface area contributed by atoms with Crippen molar-refractivity contribution in [3.8, 4) is 11.5 Å².